The molecular weight excluding hydrogens is 397 g/mol. The highest BCUT2D eigenvalue weighted by Gasteiger charge is 2.35. The van der Waals surface area contributed by atoms with E-state index in [2.05, 4.69) is 16.0 Å². The van der Waals surface area contributed by atoms with Gasteiger partial charge in [-0.1, -0.05) is 46.9 Å². The van der Waals surface area contributed by atoms with Crippen LogP contribution < -0.4 is 16.0 Å². The largest absolute Gasteiger partial charge is 0.506 e. The summed E-state index contributed by atoms with van der Waals surface area (Å²) in [5, 5.41) is 17.6. The molecule has 4 N–H and O–H groups in total. The minimum Gasteiger partial charge on any atom is -0.506 e. The van der Waals surface area contributed by atoms with E-state index in [1.54, 1.807) is 24.3 Å². The van der Waals surface area contributed by atoms with Crippen molar-refractivity contribution >= 4 is 63.7 Å². The Morgan fingerprint density at radius 2 is 1.88 bits per heavy atom. The van der Waals surface area contributed by atoms with E-state index < -0.39 is 15.9 Å². The smallest absolute Gasteiger partial charge is 0.288 e. The lowest BCUT2D eigenvalue weighted by molar-refractivity contribution is 0.0906. The summed E-state index contributed by atoms with van der Waals surface area (Å²) in [4.78, 5) is 12.0. The Hall–Kier alpha value is -1.67. The van der Waals surface area contributed by atoms with Gasteiger partial charge in [0.15, 0.2) is 10.9 Å². The number of furan rings is 1. The molecule has 0 spiro atoms. The van der Waals surface area contributed by atoms with E-state index in [-0.39, 0.29) is 16.6 Å². The van der Waals surface area contributed by atoms with Crippen LogP contribution >= 0.6 is 47.0 Å². The molecule has 1 atom stereocenters. The molecule has 128 valence electrons. The molecule has 1 amide bonds. The number of phenolic OH excluding ortho intramolecular Hbond substituents is 1. The number of nitrogens with one attached hydrogen (secondary N) is 3. The molecule has 0 radical (unpaired) electrons. The molecule has 1 heterocycles. The molecule has 0 saturated heterocycles. The molecule has 0 saturated carbocycles. The number of amides is 1. The Bertz CT molecular complexity index is 720. The molecule has 0 aliphatic carbocycles. The standard InChI is InChI=1S/C14H12Cl3N3O3S/c15-14(16,17)12(19-11(22)10-6-3-7-23-10)20-13(24)18-8-4-1-2-5-9(8)21/h1-7,12,21H,(H,19,22)(H2,18,20,24)/t12-/m1/s1. The van der Waals surface area contributed by atoms with Crippen molar-refractivity contribution in [3.8, 4) is 5.75 Å². The van der Waals surface area contributed by atoms with Crippen LogP contribution in [0.15, 0.2) is 47.1 Å². The Morgan fingerprint density at radius 1 is 1.17 bits per heavy atom. The number of halogens is 3. The monoisotopic (exact) mass is 407 g/mol. The van der Waals surface area contributed by atoms with Crippen LogP contribution in [0.5, 0.6) is 5.75 Å². The number of benzene rings is 1. The van der Waals surface area contributed by atoms with E-state index >= 15 is 0 Å². The Morgan fingerprint density at radius 3 is 2.46 bits per heavy atom. The van der Waals surface area contributed by atoms with Gasteiger partial charge in [0.25, 0.3) is 5.91 Å². The number of hydrogen-bond acceptors (Lipinski definition) is 4. The van der Waals surface area contributed by atoms with Crippen molar-refractivity contribution < 1.29 is 14.3 Å². The van der Waals surface area contributed by atoms with Gasteiger partial charge in [-0.3, -0.25) is 4.79 Å². The second kappa shape index (κ2) is 7.94. The lowest BCUT2D eigenvalue weighted by Crippen LogP contribution is -2.56. The highest BCUT2D eigenvalue weighted by molar-refractivity contribution is 7.80. The van der Waals surface area contributed by atoms with Gasteiger partial charge in [0.05, 0.1) is 12.0 Å². The SMILES string of the molecule is O=C(N[C@H](NC(=S)Nc1ccccc1O)C(Cl)(Cl)Cl)c1ccco1. The van der Waals surface area contributed by atoms with Crippen molar-refractivity contribution in [3.63, 3.8) is 0 Å². The second-order valence-electron chi connectivity index (χ2n) is 4.54. The van der Waals surface area contributed by atoms with Crippen molar-refractivity contribution in [1.29, 1.82) is 0 Å². The third-order valence-electron chi connectivity index (χ3n) is 2.78. The number of para-hydroxylation sites is 2. The van der Waals surface area contributed by atoms with Crippen LogP contribution in [0.1, 0.15) is 10.6 Å². The zero-order valence-corrected chi connectivity index (χ0v) is 15.0. The number of carbonyl (C=O) groups is 1. The van der Waals surface area contributed by atoms with Crippen LogP contribution in [0.3, 0.4) is 0 Å². The molecule has 2 rings (SSSR count). The normalized spacial score (nSPS) is 12.3. The second-order valence-corrected chi connectivity index (χ2v) is 7.32. The maximum absolute atomic E-state index is 12.0. The van der Waals surface area contributed by atoms with Crippen molar-refractivity contribution in [1.82, 2.24) is 10.6 Å². The summed E-state index contributed by atoms with van der Waals surface area (Å²) >= 11 is 22.7. The number of anilines is 1. The first-order valence-corrected chi connectivity index (χ1v) is 8.08. The number of thiocarbonyl (C=S) groups is 1. The number of rotatable bonds is 4. The summed E-state index contributed by atoms with van der Waals surface area (Å²) in [5.74, 6) is -0.545. The number of aromatic hydroxyl groups is 1. The third-order valence-corrected chi connectivity index (χ3v) is 3.65. The maximum Gasteiger partial charge on any atom is 0.288 e. The summed E-state index contributed by atoms with van der Waals surface area (Å²) in [6.07, 6.45) is 0.197. The molecule has 0 aliphatic rings. The number of carbonyl (C=O) groups excluding carboxylic acids is 1. The summed E-state index contributed by atoms with van der Waals surface area (Å²) < 4.78 is 3.08. The van der Waals surface area contributed by atoms with Gasteiger partial charge in [-0.2, -0.15) is 0 Å². The molecule has 0 fully saturated rings. The van der Waals surface area contributed by atoms with E-state index in [0.717, 1.165) is 0 Å². The highest BCUT2D eigenvalue weighted by Crippen LogP contribution is 2.29. The lowest BCUT2D eigenvalue weighted by Gasteiger charge is -2.27. The van der Waals surface area contributed by atoms with Gasteiger partial charge in [-0.25, -0.2) is 0 Å². The minimum atomic E-state index is -1.90. The molecular formula is C14H12Cl3N3O3S. The average Bonchev–Trinajstić information content (AvgIpc) is 3.02. The van der Waals surface area contributed by atoms with Crippen LogP contribution in [0.4, 0.5) is 5.69 Å². The number of alkyl halides is 3. The van der Waals surface area contributed by atoms with Gasteiger partial charge in [-0.05, 0) is 36.5 Å². The molecule has 0 bridgehead atoms. The van der Waals surface area contributed by atoms with E-state index in [0.29, 0.717) is 5.69 Å². The quantitative estimate of drug-likeness (QED) is 0.268. The van der Waals surface area contributed by atoms with Crippen LogP contribution in [0.25, 0.3) is 0 Å². The van der Waals surface area contributed by atoms with E-state index in [1.807, 2.05) is 0 Å². The van der Waals surface area contributed by atoms with Gasteiger partial charge < -0.3 is 25.5 Å². The predicted molar refractivity (Wildman–Crippen MR) is 97.7 cm³/mol. The van der Waals surface area contributed by atoms with Crippen LogP contribution in [0.2, 0.25) is 0 Å². The van der Waals surface area contributed by atoms with E-state index in [1.165, 1.54) is 18.4 Å². The van der Waals surface area contributed by atoms with Gasteiger partial charge in [-0.15, -0.1) is 0 Å². The zero-order valence-electron chi connectivity index (χ0n) is 11.9. The molecule has 1 aromatic heterocycles. The van der Waals surface area contributed by atoms with Gasteiger partial charge in [0.1, 0.15) is 11.9 Å². The molecule has 0 unspecified atom stereocenters. The molecule has 24 heavy (non-hydrogen) atoms. The summed E-state index contributed by atoms with van der Waals surface area (Å²) in [6.45, 7) is 0. The summed E-state index contributed by atoms with van der Waals surface area (Å²) in [5.41, 5.74) is 0.357. The van der Waals surface area contributed by atoms with Crippen molar-refractivity contribution in [2.75, 3.05) is 5.32 Å². The Kier molecular flexibility index (Phi) is 6.17. The molecule has 1 aromatic carbocycles. The molecule has 2 aromatic rings. The van der Waals surface area contributed by atoms with E-state index in [9.17, 15) is 9.90 Å². The predicted octanol–water partition coefficient (Wildman–Crippen LogP) is 3.40. The molecule has 6 nitrogen and oxygen atoms in total. The van der Waals surface area contributed by atoms with E-state index in [4.69, 9.17) is 51.4 Å². The fourth-order valence-electron chi connectivity index (χ4n) is 1.68. The first-order chi connectivity index (χ1) is 11.3. The van der Waals surface area contributed by atoms with Gasteiger partial charge >= 0.3 is 0 Å². The van der Waals surface area contributed by atoms with Gasteiger partial charge in [0.2, 0.25) is 3.79 Å². The fourth-order valence-corrected chi connectivity index (χ4v) is 2.23. The topological polar surface area (TPSA) is 86.5 Å². The minimum absolute atomic E-state index is 0.00768. The average molecular weight is 409 g/mol. The van der Waals surface area contributed by atoms with Crippen LogP contribution in [0, 0.1) is 0 Å². The maximum atomic E-state index is 12.0. The highest BCUT2D eigenvalue weighted by atomic mass is 35.6. The van der Waals surface area contributed by atoms with Crippen molar-refractivity contribution in [3.05, 3.63) is 48.4 Å². The fraction of sp³-hybridized carbons (Fsp3) is 0.143. The van der Waals surface area contributed by atoms with Crippen LogP contribution in [-0.4, -0.2) is 26.1 Å². The van der Waals surface area contributed by atoms with Crippen molar-refractivity contribution in [2.45, 2.75) is 9.96 Å². The van der Waals surface area contributed by atoms with Gasteiger partial charge in [0, 0.05) is 0 Å². The zero-order chi connectivity index (χ0) is 17.7. The summed E-state index contributed by atoms with van der Waals surface area (Å²) in [6, 6.07) is 9.46. The lowest BCUT2D eigenvalue weighted by atomic mass is 10.3. The number of phenols is 1. The molecule has 10 heteroatoms. The van der Waals surface area contributed by atoms with Crippen LogP contribution in [-0.2, 0) is 0 Å². The first kappa shape index (κ1) is 18.7. The Labute approximate surface area is 158 Å². The Balaban J connectivity index is 2.05. The first-order valence-electron chi connectivity index (χ1n) is 6.54. The molecule has 0 aliphatic heterocycles. The third kappa shape index (κ3) is 5.17. The van der Waals surface area contributed by atoms with Crippen molar-refractivity contribution in [2.24, 2.45) is 0 Å². The summed E-state index contributed by atoms with van der Waals surface area (Å²) in [7, 11) is 0. The number of hydrogen-bond donors (Lipinski definition) is 4.